The van der Waals surface area contributed by atoms with Crippen molar-refractivity contribution in [3.05, 3.63) is 59.8 Å². The lowest BCUT2D eigenvalue weighted by atomic mass is 9.95. The summed E-state index contributed by atoms with van der Waals surface area (Å²) in [7, 11) is 0. The molecule has 2 fully saturated rings. The summed E-state index contributed by atoms with van der Waals surface area (Å²) in [6.45, 7) is 4.80. The van der Waals surface area contributed by atoms with Gasteiger partial charge in [-0.2, -0.15) is 0 Å². The van der Waals surface area contributed by atoms with Crippen molar-refractivity contribution in [2.45, 2.75) is 32.2 Å². The van der Waals surface area contributed by atoms with E-state index >= 15 is 0 Å². The van der Waals surface area contributed by atoms with Crippen molar-refractivity contribution >= 4 is 17.6 Å². The Labute approximate surface area is 189 Å². The van der Waals surface area contributed by atoms with E-state index in [1.807, 2.05) is 35.2 Å². The quantitative estimate of drug-likeness (QED) is 0.722. The number of piperidine rings is 1. The van der Waals surface area contributed by atoms with E-state index in [9.17, 15) is 9.59 Å². The molecule has 4 rings (SSSR count). The summed E-state index contributed by atoms with van der Waals surface area (Å²) < 4.78 is 5.43. The SMILES string of the molecule is O=C(NCc1cccnc1N1CCOCC1)C1CCN(C(=O)CCc2ccccc2)CC1. The first-order valence-electron chi connectivity index (χ1n) is 11.6. The number of amides is 2. The molecule has 2 aromatic rings. The van der Waals surface area contributed by atoms with Crippen molar-refractivity contribution in [1.82, 2.24) is 15.2 Å². The largest absolute Gasteiger partial charge is 0.378 e. The molecule has 0 radical (unpaired) electrons. The van der Waals surface area contributed by atoms with Crippen LogP contribution < -0.4 is 10.2 Å². The highest BCUT2D eigenvalue weighted by atomic mass is 16.5. The number of carbonyl (C=O) groups is 2. The van der Waals surface area contributed by atoms with Gasteiger partial charge in [0.15, 0.2) is 0 Å². The predicted molar refractivity (Wildman–Crippen MR) is 123 cm³/mol. The Morgan fingerprint density at radius 1 is 1.00 bits per heavy atom. The predicted octanol–water partition coefficient (Wildman–Crippen LogP) is 2.41. The van der Waals surface area contributed by atoms with Crippen LogP contribution in [0.1, 0.15) is 30.4 Å². The Morgan fingerprint density at radius 3 is 2.50 bits per heavy atom. The van der Waals surface area contributed by atoms with Gasteiger partial charge in [-0.05, 0) is 30.9 Å². The van der Waals surface area contributed by atoms with Gasteiger partial charge in [0.05, 0.1) is 13.2 Å². The van der Waals surface area contributed by atoms with E-state index in [1.165, 1.54) is 5.56 Å². The summed E-state index contributed by atoms with van der Waals surface area (Å²) in [5.74, 6) is 1.13. The van der Waals surface area contributed by atoms with Crippen LogP contribution in [0.2, 0.25) is 0 Å². The van der Waals surface area contributed by atoms with Gasteiger partial charge < -0.3 is 19.9 Å². The normalized spacial score (nSPS) is 17.2. The standard InChI is InChI=1S/C25H32N4O3/c30-23(9-8-20-5-2-1-3-6-20)28-13-10-21(11-14-28)25(31)27-19-22-7-4-12-26-24(22)29-15-17-32-18-16-29/h1-7,12,21H,8-11,13-19H2,(H,27,31). The zero-order chi connectivity index (χ0) is 22.2. The topological polar surface area (TPSA) is 74.8 Å². The molecule has 1 aromatic heterocycles. The van der Waals surface area contributed by atoms with Gasteiger partial charge in [-0.1, -0.05) is 36.4 Å². The maximum absolute atomic E-state index is 12.8. The lowest BCUT2D eigenvalue weighted by Gasteiger charge is -2.32. The van der Waals surface area contributed by atoms with E-state index in [2.05, 4.69) is 27.3 Å². The lowest BCUT2D eigenvalue weighted by molar-refractivity contribution is -0.135. The van der Waals surface area contributed by atoms with Gasteiger partial charge in [-0.15, -0.1) is 0 Å². The molecule has 0 aliphatic carbocycles. The number of anilines is 1. The third kappa shape index (κ3) is 5.85. The Hall–Kier alpha value is -2.93. The number of morpholine rings is 1. The van der Waals surface area contributed by atoms with Crippen LogP contribution in [0.5, 0.6) is 0 Å². The first kappa shape index (κ1) is 22.3. The molecule has 0 saturated carbocycles. The van der Waals surface area contributed by atoms with Crippen molar-refractivity contribution in [2.24, 2.45) is 5.92 Å². The number of pyridine rings is 1. The minimum Gasteiger partial charge on any atom is -0.378 e. The molecule has 170 valence electrons. The van der Waals surface area contributed by atoms with Gasteiger partial charge >= 0.3 is 0 Å². The van der Waals surface area contributed by atoms with E-state index < -0.39 is 0 Å². The molecular weight excluding hydrogens is 404 g/mol. The summed E-state index contributed by atoms with van der Waals surface area (Å²) in [6.07, 6.45) is 4.50. The molecule has 2 saturated heterocycles. The molecular formula is C25H32N4O3. The van der Waals surface area contributed by atoms with Crippen molar-refractivity contribution in [3.63, 3.8) is 0 Å². The highest BCUT2D eigenvalue weighted by Crippen LogP contribution is 2.21. The van der Waals surface area contributed by atoms with E-state index in [0.29, 0.717) is 52.1 Å². The lowest BCUT2D eigenvalue weighted by Crippen LogP contribution is -2.43. The Kier molecular flexibility index (Phi) is 7.72. The molecule has 0 spiro atoms. The summed E-state index contributed by atoms with van der Waals surface area (Å²) in [4.78, 5) is 34.0. The monoisotopic (exact) mass is 436 g/mol. The number of hydrogen-bond acceptors (Lipinski definition) is 5. The second-order valence-corrected chi connectivity index (χ2v) is 8.44. The van der Waals surface area contributed by atoms with Crippen LogP contribution in [0.3, 0.4) is 0 Å². The Bertz CT molecular complexity index is 891. The van der Waals surface area contributed by atoms with Gasteiger partial charge in [0.2, 0.25) is 11.8 Å². The number of aryl methyl sites for hydroxylation is 1. The van der Waals surface area contributed by atoms with Crippen LogP contribution in [0.4, 0.5) is 5.82 Å². The fourth-order valence-electron chi connectivity index (χ4n) is 4.40. The number of nitrogens with zero attached hydrogens (tertiary/aromatic N) is 3. The number of benzene rings is 1. The van der Waals surface area contributed by atoms with Gasteiger partial charge in [-0.25, -0.2) is 4.98 Å². The number of rotatable bonds is 7. The molecule has 1 aromatic carbocycles. The van der Waals surface area contributed by atoms with Crippen molar-refractivity contribution in [3.8, 4) is 0 Å². The molecule has 2 aliphatic rings. The number of likely N-dealkylation sites (tertiary alicyclic amines) is 1. The number of ether oxygens (including phenoxy) is 1. The molecule has 32 heavy (non-hydrogen) atoms. The number of carbonyl (C=O) groups excluding carboxylic acids is 2. The number of aromatic nitrogens is 1. The smallest absolute Gasteiger partial charge is 0.223 e. The maximum atomic E-state index is 12.8. The Balaban J connectivity index is 1.22. The third-order valence-electron chi connectivity index (χ3n) is 6.32. The maximum Gasteiger partial charge on any atom is 0.223 e. The summed E-state index contributed by atoms with van der Waals surface area (Å²) >= 11 is 0. The van der Waals surface area contributed by atoms with Crippen LogP contribution in [-0.4, -0.2) is 61.1 Å². The van der Waals surface area contributed by atoms with Crippen LogP contribution in [0.25, 0.3) is 0 Å². The van der Waals surface area contributed by atoms with Crippen LogP contribution in [-0.2, 0) is 27.3 Å². The molecule has 7 heteroatoms. The average Bonchev–Trinajstić information content (AvgIpc) is 2.87. The first-order valence-corrected chi connectivity index (χ1v) is 11.6. The van der Waals surface area contributed by atoms with Crippen LogP contribution >= 0.6 is 0 Å². The van der Waals surface area contributed by atoms with Crippen LogP contribution in [0.15, 0.2) is 48.7 Å². The summed E-state index contributed by atoms with van der Waals surface area (Å²) in [5, 5.41) is 3.10. The van der Waals surface area contributed by atoms with E-state index in [0.717, 1.165) is 30.9 Å². The van der Waals surface area contributed by atoms with Gasteiger partial charge in [0.25, 0.3) is 0 Å². The molecule has 0 bridgehead atoms. The number of hydrogen-bond donors (Lipinski definition) is 1. The Morgan fingerprint density at radius 2 is 1.75 bits per heavy atom. The molecule has 0 unspecified atom stereocenters. The summed E-state index contributed by atoms with van der Waals surface area (Å²) in [6, 6.07) is 14.0. The first-order chi connectivity index (χ1) is 15.7. The second kappa shape index (κ2) is 11.1. The van der Waals surface area contributed by atoms with Crippen molar-refractivity contribution < 1.29 is 14.3 Å². The fourth-order valence-corrected chi connectivity index (χ4v) is 4.40. The second-order valence-electron chi connectivity index (χ2n) is 8.44. The highest BCUT2D eigenvalue weighted by molar-refractivity contribution is 5.80. The molecule has 3 heterocycles. The van der Waals surface area contributed by atoms with Crippen LogP contribution in [0, 0.1) is 5.92 Å². The minimum atomic E-state index is -0.0447. The summed E-state index contributed by atoms with van der Waals surface area (Å²) in [5.41, 5.74) is 2.21. The molecule has 2 amide bonds. The third-order valence-corrected chi connectivity index (χ3v) is 6.32. The van der Waals surface area contributed by atoms with E-state index in [4.69, 9.17) is 4.74 Å². The zero-order valence-electron chi connectivity index (χ0n) is 18.5. The van der Waals surface area contributed by atoms with E-state index in [1.54, 1.807) is 6.20 Å². The van der Waals surface area contributed by atoms with E-state index in [-0.39, 0.29) is 17.7 Å². The fraction of sp³-hybridized carbons (Fsp3) is 0.480. The zero-order valence-corrected chi connectivity index (χ0v) is 18.5. The van der Waals surface area contributed by atoms with Crippen molar-refractivity contribution in [2.75, 3.05) is 44.3 Å². The average molecular weight is 437 g/mol. The minimum absolute atomic E-state index is 0.0447. The molecule has 7 nitrogen and oxygen atoms in total. The van der Waals surface area contributed by atoms with Gasteiger partial charge in [-0.3, -0.25) is 9.59 Å². The molecule has 2 aliphatic heterocycles. The van der Waals surface area contributed by atoms with Gasteiger partial charge in [0.1, 0.15) is 5.82 Å². The molecule has 0 atom stereocenters. The van der Waals surface area contributed by atoms with Gasteiger partial charge in [0, 0.05) is 56.8 Å². The highest BCUT2D eigenvalue weighted by Gasteiger charge is 2.27. The van der Waals surface area contributed by atoms with Crippen molar-refractivity contribution in [1.29, 1.82) is 0 Å². The number of nitrogens with one attached hydrogen (secondary N) is 1. The molecule has 1 N–H and O–H groups in total.